The number of alkyl halides is 1. The SMILES string of the molecule is CCCCCCCCCCCCCCCCCC(CC(O)CCl)N(C)C. The largest absolute Gasteiger partial charge is 0.392 e. The monoisotopic (exact) mass is 389 g/mol. The van der Waals surface area contributed by atoms with Gasteiger partial charge in [-0.2, -0.15) is 0 Å². The fourth-order valence-electron chi connectivity index (χ4n) is 3.72. The Kier molecular flexibility index (Phi) is 20.1. The molecule has 0 aromatic heterocycles. The summed E-state index contributed by atoms with van der Waals surface area (Å²) in [6.45, 7) is 2.29. The van der Waals surface area contributed by atoms with Crippen molar-refractivity contribution in [3.8, 4) is 0 Å². The van der Waals surface area contributed by atoms with Gasteiger partial charge in [-0.25, -0.2) is 0 Å². The molecule has 0 fully saturated rings. The van der Waals surface area contributed by atoms with E-state index in [9.17, 15) is 5.11 Å². The first kappa shape index (κ1) is 26.2. The third kappa shape index (κ3) is 17.6. The van der Waals surface area contributed by atoms with Crippen LogP contribution in [0.25, 0.3) is 0 Å². The molecule has 0 heterocycles. The molecule has 0 amide bonds. The molecule has 0 spiro atoms. The lowest BCUT2D eigenvalue weighted by Crippen LogP contribution is -2.32. The van der Waals surface area contributed by atoms with Crippen molar-refractivity contribution in [3.63, 3.8) is 0 Å². The van der Waals surface area contributed by atoms with E-state index in [0.29, 0.717) is 11.9 Å². The maximum atomic E-state index is 9.74. The third-order valence-electron chi connectivity index (χ3n) is 5.59. The Hall–Kier alpha value is 0.210. The van der Waals surface area contributed by atoms with Crippen LogP contribution in [0.15, 0.2) is 0 Å². The van der Waals surface area contributed by atoms with Crippen molar-refractivity contribution in [1.82, 2.24) is 4.90 Å². The number of hydrogen-bond donors (Lipinski definition) is 1. The highest BCUT2D eigenvalue weighted by molar-refractivity contribution is 6.18. The summed E-state index contributed by atoms with van der Waals surface area (Å²) in [5.41, 5.74) is 0. The summed E-state index contributed by atoms with van der Waals surface area (Å²) in [6, 6.07) is 0.464. The van der Waals surface area contributed by atoms with Crippen molar-refractivity contribution in [1.29, 1.82) is 0 Å². The highest BCUT2D eigenvalue weighted by atomic mass is 35.5. The van der Waals surface area contributed by atoms with Gasteiger partial charge in [-0.3, -0.25) is 0 Å². The molecule has 0 aromatic carbocycles. The highest BCUT2D eigenvalue weighted by Crippen LogP contribution is 2.16. The first-order valence-electron chi connectivity index (χ1n) is 11.5. The van der Waals surface area contributed by atoms with Crippen LogP contribution < -0.4 is 0 Å². The zero-order valence-corrected chi connectivity index (χ0v) is 18.9. The second kappa shape index (κ2) is 20.0. The first-order valence-corrected chi connectivity index (χ1v) is 12.1. The quantitative estimate of drug-likeness (QED) is 0.176. The first-order chi connectivity index (χ1) is 12.6. The molecule has 0 saturated heterocycles. The van der Waals surface area contributed by atoms with E-state index in [1.54, 1.807) is 0 Å². The minimum Gasteiger partial charge on any atom is -0.392 e. The van der Waals surface area contributed by atoms with E-state index in [0.717, 1.165) is 6.42 Å². The Morgan fingerprint density at radius 3 is 1.42 bits per heavy atom. The fraction of sp³-hybridized carbons (Fsp3) is 1.00. The van der Waals surface area contributed by atoms with Crippen LogP contribution in [-0.4, -0.2) is 42.1 Å². The number of nitrogens with zero attached hydrogens (tertiary/aromatic N) is 1. The van der Waals surface area contributed by atoms with Gasteiger partial charge in [0.2, 0.25) is 0 Å². The van der Waals surface area contributed by atoms with Crippen molar-refractivity contribution in [2.45, 2.75) is 128 Å². The molecule has 0 aromatic rings. The second-order valence-corrected chi connectivity index (χ2v) is 8.71. The number of unbranched alkanes of at least 4 members (excludes halogenated alkanes) is 14. The van der Waals surface area contributed by atoms with Crippen LogP contribution in [0, 0.1) is 0 Å². The summed E-state index contributed by atoms with van der Waals surface area (Å²) in [5, 5.41) is 9.74. The molecule has 2 unspecified atom stereocenters. The van der Waals surface area contributed by atoms with Gasteiger partial charge in [-0.15, -0.1) is 11.6 Å². The van der Waals surface area contributed by atoms with E-state index >= 15 is 0 Å². The number of hydrogen-bond acceptors (Lipinski definition) is 2. The molecule has 3 heteroatoms. The molecular formula is C23H48ClNO. The molecule has 0 bridgehead atoms. The molecule has 0 rings (SSSR count). The van der Waals surface area contributed by atoms with Crippen molar-refractivity contribution in [3.05, 3.63) is 0 Å². The van der Waals surface area contributed by atoms with Crippen LogP contribution >= 0.6 is 11.6 Å². The van der Waals surface area contributed by atoms with Crippen molar-refractivity contribution in [2.24, 2.45) is 0 Å². The fourth-order valence-corrected chi connectivity index (χ4v) is 3.84. The molecule has 158 valence electrons. The van der Waals surface area contributed by atoms with Crippen LogP contribution in [0.2, 0.25) is 0 Å². The Balaban J connectivity index is 3.32. The number of rotatable bonds is 20. The molecular weight excluding hydrogens is 342 g/mol. The maximum absolute atomic E-state index is 9.74. The molecule has 0 radical (unpaired) electrons. The smallest absolute Gasteiger partial charge is 0.0690 e. The Labute approximate surface area is 170 Å². The van der Waals surface area contributed by atoms with Crippen molar-refractivity contribution < 1.29 is 5.11 Å². The normalized spacial score (nSPS) is 14.1. The Bertz CT molecular complexity index is 273. The van der Waals surface area contributed by atoms with Crippen molar-refractivity contribution >= 4 is 11.6 Å². The summed E-state index contributed by atoms with van der Waals surface area (Å²) in [6.07, 6.45) is 22.8. The molecule has 0 aliphatic heterocycles. The standard InChI is InChI=1S/C23H48ClNO/c1-4-5-6-7-8-9-10-11-12-13-14-15-16-17-18-19-22(25(2)3)20-23(26)21-24/h22-23,26H,4-21H2,1-3H3. The highest BCUT2D eigenvalue weighted by Gasteiger charge is 2.15. The molecule has 26 heavy (non-hydrogen) atoms. The van der Waals surface area contributed by atoms with Crippen LogP contribution in [0.1, 0.15) is 116 Å². The van der Waals surface area contributed by atoms with Gasteiger partial charge in [0.1, 0.15) is 0 Å². The van der Waals surface area contributed by atoms with Gasteiger partial charge in [-0.05, 0) is 26.9 Å². The average molecular weight is 390 g/mol. The van der Waals surface area contributed by atoms with Gasteiger partial charge in [0.15, 0.2) is 0 Å². The number of aliphatic hydroxyl groups excluding tert-OH is 1. The van der Waals surface area contributed by atoms with E-state index in [4.69, 9.17) is 11.6 Å². The van der Waals surface area contributed by atoms with Crippen molar-refractivity contribution in [2.75, 3.05) is 20.0 Å². The van der Waals surface area contributed by atoms with E-state index < -0.39 is 0 Å². The van der Waals surface area contributed by atoms with Gasteiger partial charge in [0, 0.05) is 11.9 Å². The minimum absolute atomic E-state index is 0.350. The minimum atomic E-state index is -0.361. The lowest BCUT2D eigenvalue weighted by molar-refractivity contribution is 0.135. The van der Waals surface area contributed by atoms with Gasteiger partial charge in [0.25, 0.3) is 0 Å². The van der Waals surface area contributed by atoms with Gasteiger partial charge in [0.05, 0.1) is 6.10 Å². The van der Waals surface area contributed by atoms with Gasteiger partial charge in [-0.1, -0.05) is 103 Å². The lowest BCUT2D eigenvalue weighted by atomic mass is 10.00. The molecule has 2 atom stereocenters. The van der Waals surface area contributed by atoms with Crippen LogP contribution in [0.3, 0.4) is 0 Å². The van der Waals surface area contributed by atoms with E-state index in [2.05, 4.69) is 25.9 Å². The van der Waals surface area contributed by atoms with Crippen LogP contribution in [-0.2, 0) is 0 Å². The van der Waals surface area contributed by atoms with E-state index in [1.165, 1.54) is 103 Å². The van der Waals surface area contributed by atoms with E-state index in [1.807, 2.05) is 0 Å². The zero-order valence-electron chi connectivity index (χ0n) is 18.2. The van der Waals surface area contributed by atoms with Gasteiger partial charge >= 0.3 is 0 Å². The predicted molar refractivity (Wildman–Crippen MR) is 118 cm³/mol. The topological polar surface area (TPSA) is 23.5 Å². The Morgan fingerprint density at radius 2 is 1.08 bits per heavy atom. The second-order valence-electron chi connectivity index (χ2n) is 8.40. The molecule has 2 nitrogen and oxygen atoms in total. The molecule has 0 saturated carbocycles. The summed E-state index contributed by atoms with van der Waals surface area (Å²) >= 11 is 5.73. The Morgan fingerprint density at radius 1 is 0.692 bits per heavy atom. The third-order valence-corrected chi connectivity index (χ3v) is 5.95. The summed E-state index contributed by atoms with van der Waals surface area (Å²) in [4.78, 5) is 2.24. The molecule has 1 N–H and O–H groups in total. The number of aliphatic hydroxyl groups is 1. The predicted octanol–water partition coefficient (Wildman–Crippen LogP) is 7.17. The summed E-state index contributed by atoms with van der Waals surface area (Å²) in [5.74, 6) is 0.350. The molecule has 0 aliphatic carbocycles. The summed E-state index contributed by atoms with van der Waals surface area (Å²) in [7, 11) is 4.22. The summed E-state index contributed by atoms with van der Waals surface area (Å²) < 4.78 is 0. The van der Waals surface area contributed by atoms with Crippen LogP contribution in [0.4, 0.5) is 0 Å². The average Bonchev–Trinajstić information content (AvgIpc) is 2.63. The van der Waals surface area contributed by atoms with E-state index in [-0.39, 0.29) is 6.10 Å². The lowest BCUT2D eigenvalue weighted by Gasteiger charge is -2.26. The van der Waals surface area contributed by atoms with Crippen LogP contribution in [0.5, 0.6) is 0 Å². The molecule has 0 aliphatic rings. The maximum Gasteiger partial charge on any atom is 0.0690 e. The zero-order chi connectivity index (χ0) is 19.5. The number of halogens is 1. The van der Waals surface area contributed by atoms with Gasteiger partial charge < -0.3 is 10.0 Å².